The Morgan fingerprint density at radius 2 is 1.95 bits per heavy atom. The smallest absolute Gasteiger partial charge is 0.238 e. The molecule has 3 aromatic heterocycles. The van der Waals surface area contributed by atoms with E-state index in [1.807, 2.05) is 63.9 Å². The number of pyridine rings is 1. The van der Waals surface area contributed by atoms with Gasteiger partial charge in [0.15, 0.2) is 4.64 Å². The molecule has 2 unspecified atom stereocenters. The number of aliphatic imine (C=N–C) groups is 1. The summed E-state index contributed by atoms with van der Waals surface area (Å²) in [5, 5.41) is 16.0. The van der Waals surface area contributed by atoms with E-state index in [-0.39, 0.29) is 13.0 Å². The lowest BCUT2D eigenvalue weighted by atomic mass is 9.75. The second-order valence-electron chi connectivity index (χ2n) is 10.5. The normalized spacial score (nSPS) is 19.5. The maximum atomic E-state index is 15.1. The molecular weight excluding hydrogens is 561 g/mol. The van der Waals surface area contributed by atoms with E-state index in [2.05, 4.69) is 26.5 Å². The fourth-order valence-electron chi connectivity index (χ4n) is 5.01. The number of halogens is 3. The molecular formula is C30H41F3N8S. The summed E-state index contributed by atoms with van der Waals surface area (Å²) >= 11 is 5.62. The van der Waals surface area contributed by atoms with Gasteiger partial charge in [0.25, 0.3) is 0 Å². The first kappa shape index (κ1) is 33.2. The van der Waals surface area contributed by atoms with Crippen LogP contribution < -0.4 is 5.32 Å². The Labute approximate surface area is 251 Å². The summed E-state index contributed by atoms with van der Waals surface area (Å²) in [5.74, 6) is 0.427. The number of aromatic amines is 1. The molecule has 2 fully saturated rings. The van der Waals surface area contributed by atoms with E-state index >= 15 is 4.39 Å². The van der Waals surface area contributed by atoms with E-state index in [9.17, 15) is 14.0 Å². The maximum absolute atomic E-state index is 15.1. The molecule has 8 nitrogen and oxygen atoms in total. The molecule has 5 rings (SSSR count). The fraction of sp³-hybridized carbons (Fsp3) is 0.567. The standard InChI is InChI=1S/C25H29FN8S.C3H6F2.C2H6/c1-15(2)28-19-5-6-20(29-16(19)3)17-7-12-34-22(17)23(35)31-24(32-34)30-21-8-11-33(13-18(21)26)25(14-27)9-4-10-25;1-2-3(4)5;1-2/h5-7,12,18,21H,4,8-11,13H2,1-3H3,(H2,30,31,32,35);3H,2H2,1H3;1-2H3. The number of fused-ring (bicyclic) bond motifs is 1. The summed E-state index contributed by atoms with van der Waals surface area (Å²) in [4.78, 5) is 15.8. The lowest BCUT2D eigenvalue weighted by Crippen LogP contribution is -2.60. The van der Waals surface area contributed by atoms with Gasteiger partial charge >= 0.3 is 0 Å². The summed E-state index contributed by atoms with van der Waals surface area (Å²) in [6.07, 6.45) is 1.92. The molecule has 1 aliphatic carbocycles. The van der Waals surface area contributed by atoms with E-state index in [1.54, 1.807) is 4.52 Å². The molecule has 1 aliphatic heterocycles. The topological polar surface area (TPSA) is 97.4 Å². The molecule has 0 amide bonds. The first-order valence-corrected chi connectivity index (χ1v) is 14.9. The van der Waals surface area contributed by atoms with Crippen LogP contribution in [0, 0.1) is 22.9 Å². The summed E-state index contributed by atoms with van der Waals surface area (Å²) in [6, 6.07) is 7.86. The molecule has 2 aliphatic rings. The molecule has 0 radical (unpaired) electrons. The molecule has 0 spiro atoms. The molecule has 2 atom stereocenters. The Morgan fingerprint density at radius 3 is 2.48 bits per heavy atom. The Kier molecular flexibility index (Phi) is 11.7. The van der Waals surface area contributed by atoms with Crippen molar-refractivity contribution in [1.82, 2.24) is 24.5 Å². The number of likely N-dealkylation sites (tertiary alicyclic amines) is 1. The van der Waals surface area contributed by atoms with Gasteiger partial charge in [0.2, 0.25) is 12.4 Å². The highest BCUT2D eigenvalue weighted by molar-refractivity contribution is 7.71. The number of hydrogen-bond donors (Lipinski definition) is 2. The minimum atomic E-state index is -2.12. The first-order chi connectivity index (χ1) is 20.1. The van der Waals surface area contributed by atoms with Gasteiger partial charge in [-0.25, -0.2) is 13.2 Å². The molecule has 1 saturated heterocycles. The van der Waals surface area contributed by atoms with Crippen molar-refractivity contribution in [2.75, 3.05) is 18.4 Å². The van der Waals surface area contributed by atoms with Gasteiger partial charge in [0, 0.05) is 37.0 Å². The number of aryl methyl sites for hydroxylation is 1. The number of rotatable bonds is 6. The van der Waals surface area contributed by atoms with Gasteiger partial charge in [-0.3, -0.25) is 24.5 Å². The number of anilines is 1. The molecule has 42 heavy (non-hydrogen) atoms. The minimum Gasteiger partial charge on any atom is -0.349 e. The monoisotopic (exact) mass is 602 g/mol. The van der Waals surface area contributed by atoms with E-state index < -0.39 is 24.2 Å². The van der Waals surface area contributed by atoms with Gasteiger partial charge in [-0.05, 0) is 64.7 Å². The SMILES string of the molecule is CC.CC(C)=Nc1ccc(-c2ccn3[nH]c(NC4CCN(C5(C#N)CCC5)CC4F)nc(=S)c23)nc1C.CCC(F)F. The van der Waals surface area contributed by atoms with Crippen LogP contribution in [0.4, 0.5) is 24.8 Å². The van der Waals surface area contributed by atoms with Crippen LogP contribution in [0.3, 0.4) is 0 Å². The van der Waals surface area contributed by atoms with Gasteiger partial charge < -0.3 is 5.32 Å². The van der Waals surface area contributed by atoms with Crippen LogP contribution >= 0.6 is 12.2 Å². The number of piperidine rings is 1. The predicted octanol–water partition coefficient (Wildman–Crippen LogP) is 7.83. The predicted molar refractivity (Wildman–Crippen MR) is 165 cm³/mol. The Bertz CT molecular complexity index is 1470. The van der Waals surface area contributed by atoms with Crippen molar-refractivity contribution in [3.8, 4) is 17.3 Å². The van der Waals surface area contributed by atoms with Crippen LogP contribution in [0.2, 0.25) is 0 Å². The van der Waals surface area contributed by atoms with Gasteiger partial charge in [-0.1, -0.05) is 33.0 Å². The summed E-state index contributed by atoms with van der Waals surface area (Å²) in [6.45, 7) is 12.2. The van der Waals surface area contributed by atoms with Gasteiger partial charge in [-0.15, -0.1) is 0 Å². The highest BCUT2D eigenvalue weighted by Crippen LogP contribution is 2.39. The van der Waals surface area contributed by atoms with Crippen LogP contribution in [-0.2, 0) is 0 Å². The van der Waals surface area contributed by atoms with Crippen LogP contribution in [-0.4, -0.2) is 67.5 Å². The lowest BCUT2D eigenvalue weighted by Gasteiger charge is -2.48. The Hall–Kier alpha value is -3.30. The second kappa shape index (κ2) is 14.7. The van der Waals surface area contributed by atoms with Crippen LogP contribution in [0.5, 0.6) is 0 Å². The minimum absolute atomic E-state index is 0.0278. The summed E-state index contributed by atoms with van der Waals surface area (Å²) in [7, 11) is 0. The largest absolute Gasteiger partial charge is 0.349 e. The van der Waals surface area contributed by atoms with Gasteiger partial charge in [0.05, 0.1) is 29.2 Å². The van der Waals surface area contributed by atoms with Crippen LogP contribution in [0.1, 0.15) is 72.4 Å². The molecule has 3 aromatic rings. The number of alkyl halides is 3. The molecule has 12 heteroatoms. The third-order valence-corrected chi connectivity index (χ3v) is 7.66. The van der Waals surface area contributed by atoms with E-state index in [0.29, 0.717) is 23.6 Å². The zero-order valence-corrected chi connectivity index (χ0v) is 26.0. The molecule has 228 valence electrons. The molecule has 4 heterocycles. The zero-order valence-electron chi connectivity index (χ0n) is 25.2. The number of nitrogens with zero attached hydrogens (tertiary/aromatic N) is 6. The Morgan fingerprint density at radius 1 is 1.26 bits per heavy atom. The highest BCUT2D eigenvalue weighted by atomic mass is 32.1. The quantitative estimate of drug-likeness (QED) is 0.220. The van der Waals surface area contributed by atoms with Crippen LogP contribution in [0.25, 0.3) is 16.8 Å². The zero-order chi connectivity index (χ0) is 31.0. The van der Waals surface area contributed by atoms with Crippen molar-refractivity contribution in [3.05, 3.63) is 34.7 Å². The van der Waals surface area contributed by atoms with Crippen molar-refractivity contribution in [1.29, 1.82) is 5.26 Å². The number of nitriles is 1. The van der Waals surface area contributed by atoms with Crippen molar-refractivity contribution < 1.29 is 13.2 Å². The highest BCUT2D eigenvalue weighted by Gasteiger charge is 2.46. The Balaban J connectivity index is 0.000000627. The first-order valence-electron chi connectivity index (χ1n) is 14.5. The second-order valence-corrected chi connectivity index (χ2v) is 10.9. The average molecular weight is 603 g/mol. The van der Waals surface area contributed by atoms with Crippen molar-refractivity contribution in [3.63, 3.8) is 0 Å². The van der Waals surface area contributed by atoms with E-state index in [1.165, 1.54) is 6.92 Å². The molecule has 1 saturated carbocycles. The number of hydrogen-bond acceptors (Lipinski definition) is 7. The molecule has 0 bridgehead atoms. The maximum Gasteiger partial charge on any atom is 0.238 e. The lowest BCUT2D eigenvalue weighted by molar-refractivity contribution is 0.0128. The van der Waals surface area contributed by atoms with Crippen molar-refractivity contribution in [2.24, 2.45) is 4.99 Å². The molecule has 2 N–H and O–H groups in total. The average Bonchev–Trinajstić information content (AvgIpc) is 3.37. The van der Waals surface area contributed by atoms with Crippen molar-refractivity contribution in [2.45, 2.75) is 97.8 Å². The number of aromatic nitrogens is 4. The van der Waals surface area contributed by atoms with Crippen molar-refractivity contribution >= 4 is 35.1 Å². The van der Waals surface area contributed by atoms with E-state index in [4.69, 9.17) is 17.2 Å². The third kappa shape index (κ3) is 7.55. The number of H-pyrrole nitrogens is 1. The van der Waals surface area contributed by atoms with Gasteiger partial charge in [0.1, 0.15) is 17.2 Å². The van der Waals surface area contributed by atoms with E-state index in [0.717, 1.165) is 53.1 Å². The van der Waals surface area contributed by atoms with Gasteiger partial charge in [-0.2, -0.15) is 10.2 Å². The van der Waals surface area contributed by atoms with Crippen LogP contribution in [0.15, 0.2) is 29.4 Å². The summed E-state index contributed by atoms with van der Waals surface area (Å²) in [5.41, 5.74) is 4.58. The molecule has 0 aromatic carbocycles. The summed E-state index contributed by atoms with van der Waals surface area (Å²) < 4.78 is 38.8. The number of nitrogens with one attached hydrogen (secondary N) is 2. The fourth-order valence-corrected chi connectivity index (χ4v) is 5.31. The third-order valence-electron chi connectivity index (χ3n) is 7.37.